The van der Waals surface area contributed by atoms with E-state index in [0.717, 1.165) is 27.7 Å². The van der Waals surface area contributed by atoms with Gasteiger partial charge in [0.25, 0.3) is 17.4 Å². The summed E-state index contributed by atoms with van der Waals surface area (Å²) >= 11 is 0.933. The minimum Gasteiger partial charge on any atom is -0.321 e. The molecule has 2 aromatic carbocycles. The van der Waals surface area contributed by atoms with Crippen molar-refractivity contribution in [2.24, 2.45) is 0 Å². The van der Waals surface area contributed by atoms with E-state index < -0.39 is 23.2 Å². The molecule has 2 aromatic heterocycles. The van der Waals surface area contributed by atoms with Gasteiger partial charge in [0.15, 0.2) is 4.96 Å². The maximum atomic E-state index is 13.2. The smallest absolute Gasteiger partial charge is 0.274 e. The van der Waals surface area contributed by atoms with Gasteiger partial charge < -0.3 is 10.6 Å². The van der Waals surface area contributed by atoms with Gasteiger partial charge >= 0.3 is 0 Å². The van der Waals surface area contributed by atoms with Crippen LogP contribution in [-0.4, -0.2) is 21.2 Å². The van der Waals surface area contributed by atoms with Gasteiger partial charge in [-0.05, 0) is 55.3 Å². The number of benzene rings is 2. The van der Waals surface area contributed by atoms with Crippen LogP contribution in [0.5, 0.6) is 0 Å². The van der Waals surface area contributed by atoms with Gasteiger partial charge in [-0.2, -0.15) is 0 Å². The maximum Gasteiger partial charge on any atom is 0.274 e. The predicted molar refractivity (Wildman–Crippen MR) is 122 cm³/mol. The number of nitrogens with one attached hydrogen (secondary N) is 2. The van der Waals surface area contributed by atoms with Gasteiger partial charge in [-0.1, -0.05) is 30.4 Å². The van der Waals surface area contributed by atoms with Crippen molar-refractivity contribution in [2.45, 2.75) is 20.3 Å². The first-order chi connectivity index (χ1) is 15.4. The van der Waals surface area contributed by atoms with Crippen molar-refractivity contribution in [1.82, 2.24) is 9.38 Å². The normalized spacial score (nSPS) is 10.8. The highest BCUT2D eigenvalue weighted by atomic mass is 32.1. The van der Waals surface area contributed by atoms with Gasteiger partial charge in [0, 0.05) is 23.1 Å². The number of aryl methyl sites for hydroxylation is 2. The van der Waals surface area contributed by atoms with E-state index in [1.54, 1.807) is 19.1 Å². The van der Waals surface area contributed by atoms with Crippen molar-refractivity contribution in [2.75, 3.05) is 10.6 Å². The Bertz CT molecular complexity index is 1380. The number of fused-ring (bicyclic) bond motifs is 1. The van der Waals surface area contributed by atoms with E-state index in [-0.39, 0.29) is 15.5 Å². The Balaban J connectivity index is 1.76. The molecule has 9 heteroatoms. The highest BCUT2D eigenvalue weighted by Crippen LogP contribution is 2.24. The zero-order valence-corrected chi connectivity index (χ0v) is 18.1. The van der Waals surface area contributed by atoms with E-state index in [1.807, 2.05) is 19.1 Å². The van der Waals surface area contributed by atoms with Crippen molar-refractivity contribution in [3.8, 4) is 0 Å². The summed E-state index contributed by atoms with van der Waals surface area (Å²) < 4.78 is 14.3. The highest BCUT2D eigenvalue weighted by Gasteiger charge is 2.26. The number of hydrogen-bond acceptors (Lipinski definition) is 5. The lowest BCUT2D eigenvalue weighted by Crippen LogP contribution is -2.25. The van der Waals surface area contributed by atoms with Crippen LogP contribution in [0.15, 0.2) is 59.4 Å². The summed E-state index contributed by atoms with van der Waals surface area (Å²) in [5.74, 6) is -1.65. The first kappa shape index (κ1) is 21.4. The van der Waals surface area contributed by atoms with Crippen LogP contribution in [0.25, 0.3) is 4.96 Å². The van der Waals surface area contributed by atoms with Gasteiger partial charge in [0.2, 0.25) is 0 Å². The molecule has 0 aliphatic heterocycles. The van der Waals surface area contributed by atoms with Gasteiger partial charge in [0.1, 0.15) is 16.4 Å². The predicted octanol–water partition coefficient (Wildman–Crippen LogP) is 4.27. The van der Waals surface area contributed by atoms with E-state index in [0.29, 0.717) is 17.1 Å². The van der Waals surface area contributed by atoms with Gasteiger partial charge in [-0.25, -0.2) is 13.8 Å². The summed E-state index contributed by atoms with van der Waals surface area (Å²) in [6.07, 6.45) is 0.859. The number of rotatable bonds is 5. The molecule has 2 heterocycles. The van der Waals surface area contributed by atoms with Crippen LogP contribution in [0.1, 0.15) is 38.3 Å². The molecule has 0 bridgehead atoms. The van der Waals surface area contributed by atoms with Crippen LogP contribution in [0.4, 0.5) is 15.8 Å². The molecular weight excluding hydrogens is 431 g/mol. The first-order valence-corrected chi connectivity index (χ1v) is 10.7. The van der Waals surface area contributed by atoms with Crippen LogP contribution in [0.2, 0.25) is 0 Å². The molecule has 0 spiro atoms. The third-order valence-electron chi connectivity index (χ3n) is 4.79. The Morgan fingerprint density at radius 2 is 1.59 bits per heavy atom. The van der Waals surface area contributed by atoms with E-state index in [2.05, 4.69) is 15.6 Å². The zero-order valence-electron chi connectivity index (χ0n) is 17.3. The van der Waals surface area contributed by atoms with Crippen LogP contribution in [0.3, 0.4) is 0 Å². The fraction of sp³-hybridized carbons (Fsp3) is 0.130. The fourth-order valence-electron chi connectivity index (χ4n) is 3.18. The second-order valence-electron chi connectivity index (χ2n) is 7.10. The number of halogens is 1. The van der Waals surface area contributed by atoms with Crippen LogP contribution in [0, 0.1) is 12.7 Å². The summed E-state index contributed by atoms with van der Waals surface area (Å²) in [5, 5.41) is 5.38. The maximum absolute atomic E-state index is 13.2. The van der Waals surface area contributed by atoms with Crippen molar-refractivity contribution in [3.63, 3.8) is 0 Å². The number of thiazole rings is 1. The lowest BCUT2D eigenvalue weighted by molar-refractivity contribution is 0.0989. The van der Waals surface area contributed by atoms with Crippen molar-refractivity contribution >= 4 is 39.5 Å². The summed E-state index contributed by atoms with van der Waals surface area (Å²) in [6.45, 7) is 3.69. The fourth-order valence-corrected chi connectivity index (χ4v) is 4.25. The summed E-state index contributed by atoms with van der Waals surface area (Å²) in [7, 11) is 0. The Morgan fingerprint density at radius 1 is 1.00 bits per heavy atom. The molecule has 2 amide bonds. The molecule has 7 nitrogen and oxygen atoms in total. The lowest BCUT2D eigenvalue weighted by atomic mass is 10.1. The lowest BCUT2D eigenvalue weighted by Gasteiger charge is -2.09. The number of anilines is 2. The number of carbonyl (C=O) groups excluding carboxylic acids is 2. The average molecular weight is 450 g/mol. The Morgan fingerprint density at radius 3 is 2.22 bits per heavy atom. The second kappa shape index (κ2) is 8.72. The third-order valence-corrected chi connectivity index (χ3v) is 5.83. The molecule has 0 unspecified atom stereocenters. The Kier molecular flexibility index (Phi) is 5.83. The monoisotopic (exact) mass is 450 g/mol. The largest absolute Gasteiger partial charge is 0.321 e. The minimum absolute atomic E-state index is 0.0206. The molecule has 4 rings (SSSR count). The molecule has 2 N–H and O–H groups in total. The summed E-state index contributed by atoms with van der Waals surface area (Å²) in [6, 6.07) is 13.8. The standard InChI is InChI=1S/C23H19FN4O3S/c1-3-14-4-8-16(9-5-14)26-21(30)19-20(22(31)27-17-10-6-15(24)7-11-17)32-23-25-13(2)12-18(29)28(19)23/h4-12H,3H2,1-2H3,(H,26,30)(H,27,31). The van der Waals surface area contributed by atoms with Crippen LogP contribution >= 0.6 is 11.3 Å². The first-order valence-electron chi connectivity index (χ1n) is 9.86. The molecule has 162 valence electrons. The molecule has 0 aliphatic carbocycles. The summed E-state index contributed by atoms with van der Waals surface area (Å²) in [4.78, 5) is 43.4. The quantitative estimate of drug-likeness (QED) is 0.475. The number of nitrogens with zero attached hydrogens (tertiary/aromatic N) is 2. The zero-order chi connectivity index (χ0) is 22.8. The molecule has 0 saturated carbocycles. The number of hydrogen-bond donors (Lipinski definition) is 2. The molecule has 0 fully saturated rings. The van der Waals surface area contributed by atoms with E-state index in [4.69, 9.17) is 0 Å². The molecule has 0 radical (unpaired) electrons. The van der Waals surface area contributed by atoms with Gasteiger partial charge in [0.05, 0.1) is 0 Å². The summed E-state index contributed by atoms with van der Waals surface area (Å²) in [5.41, 5.74) is 1.90. The second-order valence-corrected chi connectivity index (χ2v) is 8.08. The Labute approximate surface area is 186 Å². The Hall–Kier alpha value is -3.85. The third kappa shape index (κ3) is 4.28. The van der Waals surface area contributed by atoms with E-state index in [1.165, 1.54) is 30.3 Å². The van der Waals surface area contributed by atoms with E-state index in [9.17, 15) is 18.8 Å². The minimum atomic E-state index is -0.613. The molecule has 4 aromatic rings. The molecule has 0 saturated heterocycles. The van der Waals surface area contributed by atoms with Crippen molar-refractivity contribution in [3.05, 3.63) is 92.6 Å². The van der Waals surface area contributed by atoms with Crippen LogP contribution < -0.4 is 16.2 Å². The number of amides is 2. The molecule has 0 aliphatic rings. The van der Waals surface area contributed by atoms with E-state index >= 15 is 0 Å². The van der Waals surface area contributed by atoms with Gasteiger partial charge in [-0.3, -0.25) is 14.4 Å². The van der Waals surface area contributed by atoms with Crippen molar-refractivity contribution < 1.29 is 14.0 Å². The van der Waals surface area contributed by atoms with Crippen molar-refractivity contribution in [1.29, 1.82) is 0 Å². The molecule has 32 heavy (non-hydrogen) atoms. The number of aromatic nitrogens is 2. The SMILES string of the molecule is CCc1ccc(NC(=O)c2c(C(=O)Nc3ccc(F)cc3)sc3nc(C)cc(=O)n23)cc1. The molecule has 0 atom stereocenters. The number of carbonyl (C=O) groups is 2. The molecular formula is C23H19FN4O3S. The van der Waals surface area contributed by atoms with Gasteiger partial charge in [-0.15, -0.1) is 0 Å². The highest BCUT2D eigenvalue weighted by molar-refractivity contribution is 7.19. The average Bonchev–Trinajstić information content (AvgIpc) is 3.16. The topological polar surface area (TPSA) is 92.6 Å². The van der Waals surface area contributed by atoms with Crippen LogP contribution in [-0.2, 0) is 6.42 Å².